The van der Waals surface area contributed by atoms with Gasteiger partial charge in [0.25, 0.3) is 5.56 Å². The molecule has 0 aliphatic rings. The van der Waals surface area contributed by atoms with Gasteiger partial charge < -0.3 is 5.32 Å². The van der Waals surface area contributed by atoms with E-state index in [-0.39, 0.29) is 12.1 Å². The smallest absolute Gasteiger partial charge is 0.278 e. The molecule has 4 rings (SSSR count). The van der Waals surface area contributed by atoms with Crippen molar-refractivity contribution in [1.82, 2.24) is 29.3 Å². The lowest BCUT2D eigenvalue weighted by Gasteiger charge is -2.11. The molecule has 0 saturated heterocycles. The summed E-state index contributed by atoms with van der Waals surface area (Å²) in [5.41, 5.74) is 1.70. The highest BCUT2D eigenvalue weighted by Crippen LogP contribution is 2.20. The quantitative estimate of drug-likeness (QED) is 0.448. The lowest BCUT2D eigenvalue weighted by atomic mass is 10.3. The van der Waals surface area contributed by atoms with Crippen molar-refractivity contribution in [3.8, 4) is 5.82 Å². The van der Waals surface area contributed by atoms with Crippen molar-refractivity contribution in [3.05, 3.63) is 71.4 Å². The predicted octanol–water partition coefficient (Wildman–Crippen LogP) is 2.97. The molecule has 0 spiro atoms. The molecule has 0 aliphatic carbocycles. The largest absolute Gasteiger partial charge is 0.323 e. The van der Waals surface area contributed by atoms with Crippen LogP contribution in [0.2, 0.25) is 0 Å². The number of hydrogen-bond donors (Lipinski definition) is 1. The van der Waals surface area contributed by atoms with E-state index in [9.17, 15) is 9.00 Å². The molecule has 4 heterocycles. The molecule has 0 aliphatic heterocycles. The Balaban J connectivity index is 1.90. The maximum absolute atomic E-state index is 13.0. The van der Waals surface area contributed by atoms with Crippen LogP contribution in [-0.2, 0) is 16.3 Å². The third-order valence-electron chi connectivity index (χ3n) is 4.40. The van der Waals surface area contributed by atoms with Gasteiger partial charge in [-0.15, -0.1) is 6.58 Å². The summed E-state index contributed by atoms with van der Waals surface area (Å²) in [6.45, 7) is 5.88. The number of anilines is 2. The molecule has 0 amide bonds. The third kappa shape index (κ3) is 4.42. The SMILES string of the molecule is C=CCn1c(=O)c2cnc(Nc3ccc(C)nc3)nc2n1-c1cccc(N=S(C)(C)=O)n1. The van der Waals surface area contributed by atoms with E-state index in [4.69, 9.17) is 0 Å². The minimum absolute atomic E-state index is 0.237. The van der Waals surface area contributed by atoms with Gasteiger partial charge in [0.15, 0.2) is 17.3 Å². The van der Waals surface area contributed by atoms with Crippen molar-refractivity contribution in [2.24, 2.45) is 4.36 Å². The van der Waals surface area contributed by atoms with Gasteiger partial charge in [0.2, 0.25) is 5.95 Å². The van der Waals surface area contributed by atoms with Crippen LogP contribution in [0.3, 0.4) is 0 Å². The molecule has 4 aromatic heterocycles. The molecule has 0 atom stereocenters. The molecule has 164 valence electrons. The number of nitrogens with zero attached hydrogens (tertiary/aromatic N) is 7. The van der Waals surface area contributed by atoms with Crippen LogP contribution in [-0.4, -0.2) is 46.0 Å². The molecule has 0 fully saturated rings. The Kier molecular flexibility index (Phi) is 5.57. The predicted molar refractivity (Wildman–Crippen MR) is 125 cm³/mol. The average molecular weight is 451 g/mol. The summed E-state index contributed by atoms with van der Waals surface area (Å²) >= 11 is 0. The van der Waals surface area contributed by atoms with Crippen LogP contribution in [0.4, 0.5) is 17.5 Å². The fraction of sp³-hybridized carbons (Fsp3) is 0.190. The first-order valence-electron chi connectivity index (χ1n) is 9.69. The standard InChI is InChI=1S/C21H22N8O2S/c1-5-11-28-20(30)16-13-23-21(24-15-10-9-14(2)22-12-15)26-19(16)29(28)18-8-6-7-17(25-18)27-32(3,4)31/h5-10,12-13H,1,11H2,2-4H3,(H,23,24,26). The van der Waals surface area contributed by atoms with E-state index in [2.05, 4.69) is 36.2 Å². The first kappa shape index (κ1) is 21.4. The van der Waals surface area contributed by atoms with Crippen LogP contribution >= 0.6 is 0 Å². The number of fused-ring (bicyclic) bond motifs is 1. The number of hydrogen-bond acceptors (Lipinski definition) is 8. The Morgan fingerprint density at radius 2 is 1.97 bits per heavy atom. The summed E-state index contributed by atoms with van der Waals surface area (Å²) < 4.78 is 19.3. The minimum Gasteiger partial charge on any atom is -0.323 e. The summed E-state index contributed by atoms with van der Waals surface area (Å²) in [6.07, 6.45) is 7.83. The number of rotatable bonds is 6. The molecule has 0 aromatic carbocycles. The highest BCUT2D eigenvalue weighted by atomic mass is 32.2. The molecule has 11 heteroatoms. The molecular weight excluding hydrogens is 428 g/mol. The fourth-order valence-electron chi connectivity index (χ4n) is 3.09. The fourth-order valence-corrected chi connectivity index (χ4v) is 3.64. The second kappa shape index (κ2) is 8.35. The molecule has 0 saturated carbocycles. The third-order valence-corrected chi connectivity index (χ3v) is 5.02. The van der Waals surface area contributed by atoms with Crippen molar-refractivity contribution in [1.29, 1.82) is 0 Å². The van der Waals surface area contributed by atoms with Gasteiger partial charge in [-0.2, -0.15) is 9.35 Å². The highest BCUT2D eigenvalue weighted by Gasteiger charge is 2.18. The summed E-state index contributed by atoms with van der Waals surface area (Å²) in [7, 11) is -2.40. The zero-order valence-corrected chi connectivity index (χ0v) is 18.7. The van der Waals surface area contributed by atoms with Crippen LogP contribution in [0, 0.1) is 6.92 Å². The van der Waals surface area contributed by atoms with E-state index in [1.54, 1.807) is 35.2 Å². The Morgan fingerprint density at radius 3 is 2.66 bits per heavy atom. The van der Waals surface area contributed by atoms with Gasteiger partial charge in [-0.05, 0) is 31.2 Å². The van der Waals surface area contributed by atoms with Gasteiger partial charge in [0.05, 0.1) is 18.4 Å². The van der Waals surface area contributed by atoms with Crippen molar-refractivity contribution in [2.45, 2.75) is 13.5 Å². The monoisotopic (exact) mass is 450 g/mol. The highest BCUT2D eigenvalue weighted by molar-refractivity contribution is 7.92. The molecule has 32 heavy (non-hydrogen) atoms. The number of allylic oxidation sites excluding steroid dienone is 1. The van der Waals surface area contributed by atoms with Gasteiger partial charge in [0, 0.05) is 34.1 Å². The minimum atomic E-state index is -2.40. The van der Waals surface area contributed by atoms with E-state index in [0.29, 0.717) is 34.3 Å². The van der Waals surface area contributed by atoms with Gasteiger partial charge in [-0.25, -0.2) is 23.5 Å². The van der Waals surface area contributed by atoms with E-state index in [1.165, 1.54) is 23.4 Å². The van der Waals surface area contributed by atoms with Crippen molar-refractivity contribution in [3.63, 3.8) is 0 Å². The van der Waals surface area contributed by atoms with Crippen molar-refractivity contribution < 1.29 is 4.21 Å². The topological polar surface area (TPSA) is 120 Å². The van der Waals surface area contributed by atoms with Crippen LogP contribution in [0.1, 0.15) is 5.69 Å². The van der Waals surface area contributed by atoms with Crippen molar-refractivity contribution in [2.75, 3.05) is 17.8 Å². The first-order valence-corrected chi connectivity index (χ1v) is 12.0. The molecule has 1 N–H and O–H groups in total. The van der Waals surface area contributed by atoms with Crippen LogP contribution in [0.25, 0.3) is 16.9 Å². The Hall–Kier alpha value is -3.86. The van der Waals surface area contributed by atoms with Crippen LogP contribution in [0.15, 0.2) is 64.5 Å². The first-order chi connectivity index (χ1) is 15.2. The number of aryl methyl sites for hydroxylation is 1. The Labute approximate surface area is 184 Å². The second-order valence-electron chi connectivity index (χ2n) is 7.36. The van der Waals surface area contributed by atoms with Gasteiger partial charge in [0.1, 0.15) is 5.39 Å². The average Bonchev–Trinajstić information content (AvgIpc) is 3.00. The normalized spacial score (nSPS) is 11.5. The zero-order chi connectivity index (χ0) is 22.9. The van der Waals surface area contributed by atoms with E-state index >= 15 is 0 Å². The van der Waals surface area contributed by atoms with Crippen LogP contribution < -0.4 is 10.9 Å². The molecule has 0 unspecified atom stereocenters. The number of pyridine rings is 2. The summed E-state index contributed by atoms with van der Waals surface area (Å²) in [4.78, 5) is 30.6. The lowest BCUT2D eigenvalue weighted by molar-refractivity contribution is 0.597. The summed E-state index contributed by atoms with van der Waals surface area (Å²) in [5.74, 6) is 1.01. The Morgan fingerprint density at radius 1 is 1.16 bits per heavy atom. The van der Waals surface area contributed by atoms with Crippen LogP contribution in [0.5, 0.6) is 0 Å². The van der Waals surface area contributed by atoms with Gasteiger partial charge >= 0.3 is 0 Å². The van der Waals surface area contributed by atoms with E-state index in [0.717, 1.165) is 5.69 Å². The van der Waals surface area contributed by atoms with E-state index < -0.39 is 9.73 Å². The number of aromatic nitrogens is 6. The van der Waals surface area contributed by atoms with E-state index in [1.807, 2.05) is 19.1 Å². The zero-order valence-electron chi connectivity index (χ0n) is 17.9. The molecule has 10 nitrogen and oxygen atoms in total. The molecule has 0 radical (unpaired) electrons. The summed E-state index contributed by atoms with van der Waals surface area (Å²) in [6, 6.07) is 8.86. The van der Waals surface area contributed by atoms with Gasteiger partial charge in [-0.1, -0.05) is 12.1 Å². The summed E-state index contributed by atoms with van der Waals surface area (Å²) in [5, 5.41) is 3.43. The molecule has 0 bridgehead atoms. The molecular formula is C21H22N8O2S. The molecule has 4 aromatic rings. The lowest BCUT2D eigenvalue weighted by Crippen LogP contribution is -2.22. The van der Waals surface area contributed by atoms with Crippen molar-refractivity contribution >= 4 is 38.2 Å². The maximum Gasteiger partial charge on any atom is 0.278 e. The second-order valence-corrected chi connectivity index (χ2v) is 9.90. The Bertz CT molecular complexity index is 1490. The van der Waals surface area contributed by atoms with Gasteiger partial charge in [-0.3, -0.25) is 9.78 Å². The maximum atomic E-state index is 13.0. The number of nitrogens with one attached hydrogen (secondary N) is 1.